The molecule has 3 heteroatoms. The Morgan fingerprint density at radius 1 is 0.864 bits per heavy atom. The molecule has 0 spiro atoms. The molecule has 1 aliphatic carbocycles. The molecule has 0 bridgehead atoms. The van der Waals surface area contributed by atoms with Crippen LogP contribution in [0, 0.1) is 44.3 Å². The zero-order chi connectivity index (χ0) is 17.4. The third-order valence-corrected chi connectivity index (χ3v) is 5.02. The third kappa shape index (κ3) is 1.52. The van der Waals surface area contributed by atoms with Gasteiger partial charge in [0.1, 0.15) is 0 Å². The summed E-state index contributed by atoms with van der Waals surface area (Å²) in [5, 5.41) is 19.6. The molecule has 0 aromatic carbocycles. The van der Waals surface area contributed by atoms with Crippen molar-refractivity contribution < 1.29 is 0 Å². The maximum atomic E-state index is 9.92. The second-order valence-electron chi connectivity index (χ2n) is 9.64. The largest absolute Gasteiger partial charge is 0.264 e. The van der Waals surface area contributed by atoms with Gasteiger partial charge in [0.2, 0.25) is 0 Å². The predicted molar refractivity (Wildman–Crippen MR) is 89.2 cm³/mol. The lowest BCUT2D eigenvalue weighted by Crippen LogP contribution is -2.77. The molecular weight excluding hydrogens is 270 g/mol. The Hall–Kier alpha value is -1.61. The van der Waals surface area contributed by atoms with Crippen LogP contribution >= 0.6 is 0 Å². The molecule has 2 rings (SSSR count). The van der Waals surface area contributed by atoms with E-state index in [4.69, 9.17) is 4.99 Å². The van der Waals surface area contributed by atoms with Crippen molar-refractivity contribution in [3.8, 4) is 12.1 Å². The van der Waals surface area contributed by atoms with Crippen molar-refractivity contribution >= 4 is 5.71 Å². The summed E-state index contributed by atoms with van der Waals surface area (Å²) in [6.45, 7) is 19.3. The summed E-state index contributed by atoms with van der Waals surface area (Å²) < 4.78 is 0. The lowest BCUT2D eigenvalue weighted by Gasteiger charge is -2.70. The van der Waals surface area contributed by atoms with E-state index in [9.17, 15) is 10.5 Å². The van der Waals surface area contributed by atoms with Crippen LogP contribution in [0.4, 0.5) is 0 Å². The van der Waals surface area contributed by atoms with Gasteiger partial charge in [0, 0.05) is 11.1 Å². The first kappa shape index (κ1) is 16.8. The highest BCUT2D eigenvalue weighted by molar-refractivity contribution is 6.10. The zero-order valence-electron chi connectivity index (χ0n) is 15.3. The molecule has 2 atom stereocenters. The minimum atomic E-state index is -0.981. The number of nitrogens with zero attached hydrogens (tertiary/aromatic N) is 3. The van der Waals surface area contributed by atoms with E-state index in [0.29, 0.717) is 5.57 Å². The van der Waals surface area contributed by atoms with E-state index in [2.05, 4.69) is 74.5 Å². The summed E-state index contributed by atoms with van der Waals surface area (Å²) in [5.74, 6) is 0. The molecule has 0 fully saturated rings. The van der Waals surface area contributed by atoms with Crippen molar-refractivity contribution in [2.24, 2.45) is 26.7 Å². The molecule has 1 heterocycles. The van der Waals surface area contributed by atoms with E-state index in [1.807, 2.05) is 0 Å². The highest BCUT2D eigenvalue weighted by Gasteiger charge is 2.80. The van der Waals surface area contributed by atoms with Gasteiger partial charge < -0.3 is 0 Å². The van der Waals surface area contributed by atoms with Gasteiger partial charge in [0.25, 0.3) is 0 Å². The predicted octanol–water partition coefficient (Wildman–Crippen LogP) is 4.66. The van der Waals surface area contributed by atoms with Crippen LogP contribution in [0.1, 0.15) is 62.3 Å². The van der Waals surface area contributed by atoms with E-state index in [0.717, 1.165) is 11.3 Å². The summed E-state index contributed by atoms with van der Waals surface area (Å²) in [4.78, 5) is 4.74. The smallest absolute Gasteiger partial charge is 0.196 e. The highest BCUT2D eigenvalue weighted by Crippen LogP contribution is 2.75. The van der Waals surface area contributed by atoms with Crippen LogP contribution in [0.15, 0.2) is 16.1 Å². The number of rotatable bonds is 0. The lowest BCUT2D eigenvalue weighted by molar-refractivity contribution is 0.0566. The van der Waals surface area contributed by atoms with Crippen molar-refractivity contribution in [3.63, 3.8) is 0 Å². The van der Waals surface area contributed by atoms with Gasteiger partial charge in [0.15, 0.2) is 5.54 Å². The molecule has 0 radical (unpaired) electrons. The van der Waals surface area contributed by atoms with Crippen LogP contribution in [0.5, 0.6) is 0 Å². The second kappa shape index (κ2) is 4.02. The van der Waals surface area contributed by atoms with E-state index in [1.54, 1.807) is 0 Å². The van der Waals surface area contributed by atoms with Gasteiger partial charge in [-0.1, -0.05) is 62.3 Å². The minimum Gasteiger partial charge on any atom is -0.264 e. The third-order valence-electron chi connectivity index (χ3n) is 5.02. The van der Waals surface area contributed by atoms with Gasteiger partial charge in [-0.25, -0.2) is 0 Å². The Kier molecular flexibility index (Phi) is 3.06. The number of nitriles is 2. The standard InChI is InChI=1S/C19H27N3/c1-15(2,3)13-12(10-20)18(11-21)19(13,17(7,8)9)14(22-18)16(4,5)6/h1-9H3/t18-,19-/m1/s1. The first-order valence-electron chi connectivity index (χ1n) is 7.89. The number of fused-ring (bicyclic) bond motifs is 1. The van der Waals surface area contributed by atoms with Gasteiger partial charge in [-0.2, -0.15) is 10.5 Å². The second-order valence-corrected chi connectivity index (χ2v) is 9.64. The molecule has 118 valence electrons. The molecule has 0 aromatic heterocycles. The molecule has 3 nitrogen and oxygen atoms in total. The fraction of sp³-hybridized carbons (Fsp3) is 0.737. The highest BCUT2D eigenvalue weighted by atomic mass is 15.1. The summed E-state index contributed by atoms with van der Waals surface area (Å²) in [5.41, 5.74) is 0.883. The molecule has 0 unspecified atom stereocenters. The van der Waals surface area contributed by atoms with Crippen LogP contribution < -0.4 is 0 Å². The van der Waals surface area contributed by atoms with Gasteiger partial charge in [-0.15, -0.1) is 0 Å². The van der Waals surface area contributed by atoms with E-state index in [-0.39, 0.29) is 16.2 Å². The summed E-state index contributed by atoms with van der Waals surface area (Å²) >= 11 is 0. The average Bonchev–Trinajstić information content (AvgIpc) is 2.25. The Morgan fingerprint density at radius 3 is 1.64 bits per heavy atom. The zero-order valence-corrected chi connectivity index (χ0v) is 15.3. The van der Waals surface area contributed by atoms with Gasteiger partial charge >= 0.3 is 0 Å². The number of dihydropyridines is 1. The average molecular weight is 297 g/mol. The quantitative estimate of drug-likeness (QED) is 0.652. The first-order chi connectivity index (χ1) is 9.71. The van der Waals surface area contributed by atoms with Crippen LogP contribution in [-0.4, -0.2) is 11.3 Å². The van der Waals surface area contributed by atoms with Crippen LogP contribution in [-0.2, 0) is 0 Å². The number of hydrogen-bond acceptors (Lipinski definition) is 3. The topological polar surface area (TPSA) is 59.9 Å². The SMILES string of the molecule is CC(C)(C)C1=N[C@]2(C#N)C(C#N)=C(C(C)(C)C)[C@]12C(C)(C)C. The normalized spacial score (nSPS) is 31.3. The number of aliphatic imine (C=N–C) groups is 1. The van der Waals surface area contributed by atoms with Crippen LogP contribution in [0.25, 0.3) is 0 Å². The number of hydrogen-bond donors (Lipinski definition) is 0. The molecule has 22 heavy (non-hydrogen) atoms. The molecule has 0 N–H and O–H groups in total. The fourth-order valence-electron chi connectivity index (χ4n) is 4.54. The van der Waals surface area contributed by atoms with Gasteiger partial charge in [-0.3, -0.25) is 4.99 Å². The monoisotopic (exact) mass is 297 g/mol. The molecular formula is C19H27N3. The Labute approximate surface area is 134 Å². The Bertz CT molecular complexity index is 675. The first-order valence-corrected chi connectivity index (χ1v) is 7.89. The molecule has 1 aliphatic heterocycles. The van der Waals surface area contributed by atoms with Crippen LogP contribution in [0.3, 0.4) is 0 Å². The van der Waals surface area contributed by atoms with Crippen molar-refractivity contribution in [2.45, 2.75) is 67.9 Å². The van der Waals surface area contributed by atoms with Gasteiger partial charge in [-0.05, 0) is 16.4 Å². The van der Waals surface area contributed by atoms with E-state index < -0.39 is 11.0 Å². The Morgan fingerprint density at radius 2 is 1.36 bits per heavy atom. The van der Waals surface area contributed by atoms with Crippen molar-refractivity contribution in [3.05, 3.63) is 11.1 Å². The van der Waals surface area contributed by atoms with Crippen LogP contribution in [0.2, 0.25) is 0 Å². The molecule has 2 aliphatic rings. The minimum absolute atomic E-state index is 0.120. The molecule has 0 amide bonds. The summed E-state index contributed by atoms with van der Waals surface area (Å²) in [6, 6.07) is 4.70. The van der Waals surface area contributed by atoms with Crippen molar-refractivity contribution in [1.29, 1.82) is 10.5 Å². The van der Waals surface area contributed by atoms with Crippen molar-refractivity contribution in [1.82, 2.24) is 0 Å². The van der Waals surface area contributed by atoms with Crippen molar-refractivity contribution in [2.75, 3.05) is 0 Å². The fourth-order valence-corrected chi connectivity index (χ4v) is 4.54. The lowest BCUT2D eigenvalue weighted by atomic mass is 9.33. The maximum Gasteiger partial charge on any atom is 0.196 e. The molecule has 0 saturated heterocycles. The molecule has 0 aromatic rings. The summed E-state index contributed by atoms with van der Waals surface area (Å²) in [6.07, 6.45) is 0. The summed E-state index contributed by atoms with van der Waals surface area (Å²) in [7, 11) is 0. The van der Waals surface area contributed by atoms with E-state index >= 15 is 0 Å². The molecule has 0 saturated carbocycles. The maximum absolute atomic E-state index is 9.92. The van der Waals surface area contributed by atoms with E-state index in [1.165, 1.54) is 0 Å². The Balaban J connectivity index is 2.91. The van der Waals surface area contributed by atoms with Gasteiger partial charge in [0.05, 0.1) is 23.1 Å².